The van der Waals surface area contributed by atoms with Crippen molar-refractivity contribution < 1.29 is 0 Å². The van der Waals surface area contributed by atoms with E-state index in [0.29, 0.717) is 12.1 Å². The van der Waals surface area contributed by atoms with Crippen LogP contribution in [0.2, 0.25) is 0 Å². The van der Waals surface area contributed by atoms with Crippen molar-refractivity contribution >= 4 is 5.69 Å². The molecule has 1 aliphatic carbocycles. The average molecular weight is 274 g/mol. The van der Waals surface area contributed by atoms with Crippen LogP contribution >= 0.6 is 0 Å². The summed E-state index contributed by atoms with van der Waals surface area (Å²) in [4.78, 5) is 2.15. The summed E-state index contributed by atoms with van der Waals surface area (Å²) in [7, 11) is 4.17. The van der Waals surface area contributed by atoms with Crippen molar-refractivity contribution in [3.63, 3.8) is 0 Å². The van der Waals surface area contributed by atoms with Gasteiger partial charge in [-0.15, -0.1) is 0 Å². The van der Waals surface area contributed by atoms with Crippen LogP contribution in [0.3, 0.4) is 0 Å². The lowest BCUT2D eigenvalue weighted by Gasteiger charge is -2.35. The Morgan fingerprint density at radius 2 is 1.75 bits per heavy atom. The van der Waals surface area contributed by atoms with Gasteiger partial charge in [-0.2, -0.15) is 0 Å². The molecule has 20 heavy (non-hydrogen) atoms. The molecule has 2 rings (SSSR count). The van der Waals surface area contributed by atoms with Crippen LogP contribution in [-0.4, -0.2) is 20.1 Å². The first-order chi connectivity index (χ1) is 9.47. The Hall–Kier alpha value is -1.02. The zero-order chi connectivity index (χ0) is 14.7. The maximum Gasteiger partial charge on any atom is 0.0361 e. The van der Waals surface area contributed by atoms with Crippen molar-refractivity contribution in [3.05, 3.63) is 29.8 Å². The molecule has 2 nitrogen and oxygen atoms in total. The summed E-state index contributed by atoms with van der Waals surface area (Å²) in [6.45, 7) is 7.07. The lowest BCUT2D eigenvalue weighted by Crippen LogP contribution is -2.40. The van der Waals surface area contributed by atoms with Crippen LogP contribution in [0.1, 0.15) is 51.6 Å². The summed E-state index contributed by atoms with van der Waals surface area (Å²) < 4.78 is 0. The summed E-state index contributed by atoms with van der Waals surface area (Å²) in [5.41, 5.74) is 2.65. The third-order valence-electron chi connectivity index (χ3n) is 4.81. The van der Waals surface area contributed by atoms with Crippen molar-refractivity contribution in [1.29, 1.82) is 0 Å². The molecule has 1 aromatic rings. The molecule has 4 unspecified atom stereocenters. The lowest BCUT2D eigenvalue weighted by atomic mass is 9.79. The van der Waals surface area contributed by atoms with E-state index in [1.54, 1.807) is 0 Å². The number of nitrogens with one attached hydrogen (secondary N) is 1. The van der Waals surface area contributed by atoms with Gasteiger partial charge >= 0.3 is 0 Å². The SMILES string of the molecule is CC1CCC(NC(C)c2ccc(N(C)C)cc2)C(C)C1. The molecule has 112 valence electrons. The molecule has 0 amide bonds. The Kier molecular flexibility index (Phi) is 5.09. The van der Waals surface area contributed by atoms with E-state index in [9.17, 15) is 0 Å². The molecule has 0 spiro atoms. The Morgan fingerprint density at radius 1 is 1.10 bits per heavy atom. The van der Waals surface area contributed by atoms with Crippen LogP contribution in [0.25, 0.3) is 0 Å². The zero-order valence-electron chi connectivity index (χ0n) is 13.7. The fourth-order valence-electron chi connectivity index (χ4n) is 3.39. The van der Waals surface area contributed by atoms with Crippen molar-refractivity contribution in [2.24, 2.45) is 11.8 Å². The van der Waals surface area contributed by atoms with Crippen molar-refractivity contribution in [2.45, 2.75) is 52.1 Å². The van der Waals surface area contributed by atoms with Crippen LogP contribution < -0.4 is 10.2 Å². The predicted molar refractivity (Wildman–Crippen MR) is 88.3 cm³/mol. The summed E-state index contributed by atoms with van der Waals surface area (Å²) >= 11 is 0. The quantitative estimate of drug-likeness (QED) is 0.884. The van der Waals surface area contributed by atoms with Gasteiger partial charge in [-0.25, -0.2) is 0 Å². The van der Waals surface area contributed by atoms with Gasteiger partial charge in [-0.05, 0) is 55.7 Å². The van der Waals surface area contributed by atoms with Gasteiger partial charge in [0.1, 0.15) is 0 Å². The molecule has 1 fully saturated rings. The van der Waals surface area contributed by atoms with E-state index >= 15 is 0 Å². The van der Waals surface area contributed by atoms with E-state index in [2.05, 4.69) is 69.3 Å². The number of hydrogen-bond acceptors (Lipinski definition) is 2. The topological polar surface area (TPSA) is 15.3 Å². The fraction of sp³-hybridized carbons (Fsp3) is 0.667. The highest BCUT2D eigenvalue weighted by Crippen LogP contribution is 2.30. The first-order valence-electron chi connectivity index (χ1n) is 8.00. The molecule has 0 bridgehead atoms. The molecule has 0 radical (unpaired) electrons. The maximum atomic E-state index is 3.84. The van der Waals surface area contributed by atoms with Gasteiger partial charge in [0.05, 0.1) is 0 Å². The number of benzene rings is 1. The van der Waals surface area contributed by atoms with Crippen molar-refractivity contribution in [2.75, 3.05) is 19.0 Å². The molecule has 4 atom stereocenters. The van der Waals surface area contributed by atoms with Gasteiger partial charge in [0, 0.05) is 31.9 Å². The molecule has 0 aromatic heterocycles. The molecular weight excluding hydrogens is 244 g/mol. The molecule has 0 aliphatic heterocycles. The minimum Gasteiger partial charge on any atom is -0.378 e. The molecule has 0 heterocycles. The number of nitrogens with zero attached hydrogens (tertiary/aromatic N) is 1. The smallest absolute Gasteiger partial charge is 0.0361 e. The molecule has 0 saturated heterocycles. The van der Waals surface area contributed by atoms with Gasteiger partial charge in [-0.3, -0.25) is 0 Å². The Balaban J connectivity index is 1.95. The van der Waals surface area contributed by atoms with Gasteiger partial charge < -0.3 is 10.2 Å². The van der Waals surface area contributed by atoms with Crippen LogP contribution in [-0.2, 0) is 0 Å². The van der Waals surface area contributed by atoms with E-state index in [1.165, 1.54) is 30.5 Å². The molecule has 1 saturated carbocycles. The van der Waals surface area contributed by atoms with Crippen LogP contribution in [0, 0.1) is 11.8 Å². The largest absolute Gasteiger partial charge is 0.378 e. The molecule has 1 aliphatic rings. The minimum atomic E-state index is 0.437. The monoisotopic (exact) mass is 274 g/mol. The number of hydrogen-bond donors (Lipinski definition) is 1. The van der Waals surface area contributed by atoms with E-state index in [4.69, 9.17) is 0 Å². The molecule has 2 heteroatoms. The highest BCUT2D eigenvalue weighted by Gasteiger charge is 2.26. The molecule has 1 N–H and O–H groups in total. The van der Waals surface area contributed by atoms with E-state index < -0.39 is 0 Å². The summed E-state index contributed by atoms with van der Waals surface area (Å²) in [6, 6.07) is 10.0. The maximum absolute atomic E-state index is 3.84. The molecule has 1 aromatic carbocycles. The summed E-state index contributed by atoms with van der Waals surface area (Å²) in [5.74, 6) is 1.69. The number of anilines is 1. The van der Waals surface area contributed by atoms with Crippen LogP contribution in [0.4, 0.5) is 5.69 Å². The van der Waals surface area contributed by atoms with E-state index in [-0.39, 0.29) is 0 Å². The summed E-state index contributed by atoms with van der Waals surface area (Å²) in [5, 5.41) is 3.84. The summed E-state index contributed by atoms with van der Waals surface area (Å²) in [6.07, 6.45) is 4.06. The lowest BCUT2D eigenvalue weighted by molar-refractivity contribution is 0.216. The highest BCUT2D eigenvalue weighted by atomic mass is 15.1. The van der Waals surface area contributed by atoms with Gasteiger partial charge in [0.15, 0.2) is 0 Å². The fourth-order valence-corrected chi connectivity index (χ4v) is 3.39. The average Bonchev–Trinajstić information content (AvgIpc) is 2.42. The Labute approximate surface area is 124 Å². The highest BCUT2D eigenvalue weighted by molar-refractivity contribution is 5.46. The first-order valence-corrected chi connectivity index (χ1v) is 8.00. The second-order valence-electron chi connectivity index (χ2n) is 6.88. The second-order valence-corrected chi connectivity index (χ2v) is 6.88. The van der Waals surface area contributed by atoms with Crippen LogP contribution in [0.5, 0.6) is 0 Å². The third kappa shape index (κ3) is 3.76. The van der Waals surface area contributed by atoms with Gasteiger partial charge in [-0.1, -0.05) is 26.0 Å². The van der Waals surface area contributed by atoms with Crippen LogP contribution in [0.15, 0.2) is 24.3 Å². The van der Waals surface area contributed by atoms with E-state index in [1.807, 2.05) is 0 Å². The normalized spacial score (nSPS) is 28.1. The Morgan fingerprint density at radius 3 is 2.30 bits per heavy atom. The van der Waals surface area contributed by atoms with E-state index in [0.717, 1.165) is 11.8 Å². The second kappa shape index (κ2) is 6.62. The third-order valence-corrected chi connectivity index (χ3v) is 4.81. The first kappa shape index (κ1) is 15.4. The predicted octanol–water partition coefficient (Wildman–Crippen LogP) is 4.23. The molecular formula is C18H30N2. The van der Waals surface area contributed by atoms with Gasteiger partial charge in [0.25, 0.3) is 0 Å². The van der Waals surface area contributed by atoms with Gasteiger partial charge in [0.2, 0.25) is 0 Å². The van der Waals surface area contributed by atoms with Crippen molar-refractivity contribution in [1.82, 2.24) is 5.32 Å². The number of rotatable bonds is 4. The van der Waals surface area contributed by atoms with Crippen molar-refractivity contribution in [3.8, 4) is 0 Å². The minimum absolute atomic E-state index is 0.437. The standard InChI is InChI=1S/C18H30N2/c1-13-6-11-18(14(2)12-13)19-15(3)16-7-9-17(10-8-16)20(4)5/h7-10,13-15,18-19H,6,11-12H2,1-5H3. The Bertz CT molecular complexity index is 410. The zero-order valence-corrected chi connectivity index (χ0v) is 13.7.